The van der Waals surface area contributed by atoms with Crippen molar-refractivity contribution in [1.29, 1.82) is 0 Å². The quantitative estimate of drug-likeness (QED) is 0.186. The van der Waals surface area contributed by atoms with E-state index < -0.39 is 34.2 Å². The van der Waals surface area contributed by atoms with Gasteiger partial charge in [-0.3, -0.25) is 24.0 Å². The highest BCUT2D eigenvalue weighted by atomic mass is 35.5. The summed E-state index contributed by atoms with van der Waals surface area (Å²) in [6, 6.07) is 4.87. The second-order valence-electron chi connectivity index (χ2n) is 23.4. The molecule has 10 nitrogen and oxygen atoms in total. The van der Waals surface area contributed by atoms with Crippen molar-refractivity contribution in [2.24, 2.45) is 68.0 Å². The van der Waals surface area contributed by atoms with Gasteiger partial charge in [-0.05, 0) is 141 Å². The number of benzene rings is 1. The summed E-state index contributed by atoms with van der Waals surface area (Å²) < 4.78 is 11.8. The first kappa shape index (κ1) is 46.6. The van der Waals surface area contributed by atoms with E-state index in [1.807, 2.05) is 27.7 Å². The van der Waals surface area contributed by atoms with Gasteiger partial charge in [0.2, 0.25) is 5.91 Å². The van der Waals surface area contributed by atoms with Crippen LogP contribution >= 0.6 is 11.6 Å². The van der Waals surface area contributed by atoms with E-state index in [1.54, 1.807) is 18.2 Å². The maximum Gasteiger partial charge on any atom is 0.309 e. The third-order valence-corrected chi connectivity index (χ3v) is 18.9. The summed E-state index contributed by atoms with van der Waals surface area (Å²) in [6.07, 6.45) is 8.34. The highest BCUT2D eigenvalue weighted by Crippen LogP contribution is 2.77. The van der Waals surface area contributed by atoms with E-state index in [4.69, 9.17) is 21.1 Å². The van der Waals surface area contributed by atoms with Gasteiger partial charge in [-0.25, -0.2) is 0 Å². The van der Waals surface area contributed by atoms with Crippen LogP contribution in [-0.2, 0) is 23.9 Å². The van der Waals surface area contributed by atoms with E-state index >= 15 is 0 Å². The monoisotopic (exact) mass is 877 g/mol. The lowest BCUT2D eigenvalue weighted by molar-refractivity contribution is -0.236. The van der Waals surface area contributed by atoms with E-state index in [9.17, 15) is 29.1 Å². The maximum atomic E-state index is 14.2. The summed E-state index contributed by atoms with van der Waals surface area (Å²) in [6.45, 7) is 24.2. The number of ketones is 1. The van der Waals surface area contributed by atoms with Gasteiger partial charge in [0.25, 0.3) is 5.91 Å². The average Bonchev–Trinajstić information content (AvgIpc) is 3.46. The van der Waals surface area contributed by atoms with Crippen LogP contribution in [0, 0.1) is 68.0 Å². The predicted molar refractivity (Wildman–Crippen MR) is 239 cm³/mol. The molecular weight excluding hydrogens is 804 g/mol. The highest BCUT2D eigenvalue weighted by Gasteiger charge is 2.70. The molecule has 342 valence electrons. The normalized spacial score (nSPS) is 36.9. The summed E-state index contributed by atoms with van der Waals surface area (Å²) in [7, 11) is 1.49. The van der Waals surface area contributed by atoms with Gasteiger partial charge in [-0.1, -0.05) is 79.5 Å². The number of rotatable bonds is 11. The fourth-order valence-electron chi connectivity index (χ4n) is 15.1. The summed E-state index contributed by atoms with van der Waals surface area (Å²) >= 11 is 6.13. The molecule has 10 atom stereocenters. The van der Waals surface area contributed by atoms with Crippen LogP contribution in [0.2, 0.25) is 5.02 Å². The Balaban J connectivity index is 1.08. The summed E-state index contributed by atoms with van der Waals surface area (Å²) in [5.41, 5.74) is 0.370. The molecule has 6 aliphatic carbocycles. The molecule has 0 aliphatic heterocycles. The summed E-state index contributed by atoms with van der Waals surface area (Å²) in [4.78, 5) is 67.2. The molecule has 11 heteroatoms. The number of hydrogen-bond donors (Lipinski definition) is 3. The first-order valence-corrected chi connectivity index (χ1v) is 23.7. The van der Waals surface area contributed by atoms with Gasteiger partial charge in [0.05, 0.1) is 30.0 Å². The minimum Gasteiger partial charge on any atom is -0.496 e. The second-order valence-corrected chi connectivity index (χ2v) is 23.8. The fourth-order valence-corrected chi connectivity index (χ4v) is 15.2. The highest BCUT2D eigenvalue weighted by molar-refractivity contribution is 6.30. The molecule has 0 radical (unpaired) electrons. The van der Waals surface area contributed by atoms with Gasteiger partial charge < -0.3 is 25.2 Å². The molecule has 62 heavy (non-hydrogen) atoms. The van der Waals surface area contributed by atoms with Crippen LogP contribution in [-0.4, -0.2) is 59.9 Å². The Morgan fingerprint density at radius 2 is 1.58 bits per heavy atom. The van der Waals surface area contributed by atoms with Crippen molar-refractivity contribution in [2.45, 2.75) is 158 Å². The third-order valence-electron chi connectivity index (χ3n) is 18.7. The number of hydrogen-bond acceptors (Lipinski definition) is 7. The SMILES string of the molecule is COc1cc(Cl)ccc1C(=O)NC(C)(C)CNC(=O)C[C@@]12CC[C@]3(C)[C@H](CC[C@@H]4[C@@]5(C)CC[C@H](OC(=O)[C@H]6C[C@@H](C(=O)O)C6(C)C)C(C)(C)[C@@H]5CC[C@]43C)C1=C(C(C)C)C(=O)C2. The number of amides is 2. The molecule has 7 rings (SSSR count). The topological polar surface area (TPSA) is 148 Å². The van der Waals surface area contributed by atoms with Crippen LogP contribution in [0.1, 0.15) is 157 Å². The number of carbonyl (C=O) groups excluding carboxylic acids is 4. The minimum absolute atomic E-state index is 0.00665. The van der Waals surface area contributed by atoms with Crippen molar-refractivity contribution in [3.05, 3.63) is 39.9 Å². The number of Topliss-reactive ketones (excluding diaryl/α,β-unsaturated/α-hetero) is 1. The third kappa shape index (κ3) is 7.23. The van der Waals surface area contributed by atoms with Crippen LogP contribution in [0.25, 0.3) is 0 Å². The van der Waals surface area contributed by atoms with Crippen molar-refractivity contribution < 1.29 is 38.6 Å². The van der Waals surface area contributed by atoms with Gasteiger partial charge in [0.15, 0.2) is 5.78 Å². The zero-order valence-electron chi connectivity index (χ0n) is 39.4. The zero-order valence-corrected chi connectivity index (χ0v) is 40.2. The largest absolute Gasteiger partial charge is 0.496 e. The molecule has 0 saturated heterocycles. The Labute approximate surface area is 374 Å². The number of ether oxygens (including phenoxy) is 2. The van der Waals surface area contributed by atoms with Crippen LogP contribution < -0.4 is 15.4 Å². The lowest BCUT2D eigenvalue weighted by Crippen LogP contribution is -2.66. The molecule has 1 aromatic rings. The lowest BCUT2D eigenvalue weighted by atomic mass is 9.33. The van der Waals surface area contributed by atoms with E-state index in [2.05, 4.69) is 59.1 Å². The minimum atomic E-state index is -0.844. The Hall–Kier alpha value is -3.40. The number of allylic oxidation sites excluding steroid dienone is 2. The molecule has 5 saturated carbocycles. The number of esters is 1. The standard InChI is InChI=1S/C51H73ClN2O8/c1-28(2)40-34(55)25-51(26-39(56)53-27-45(3,4)54-42(57)30-14-13-29(52)23-35(30)61-12)22-21-49(10)31(41(40)51)15-16-37-48(9)19-18-38(47(7,8)36(48)17-20-50(37,49)11)62-44(60)33-24-32(43(58)59)46(33,5)6/h13-14,23,28,31-33,36-38H,15-22,24-27H2,1-12H3,(H,53,56)(H,54,57)(H,58,59)/t31-,32+,33-,36+,37-,38+,48+,49-,50-,51+/m1/s1. The van der Waals surface area contributed by atoms with E-state index in [-0.39, 0.29) is 76.1 Å². The number of aliphatic carboxylic acids is 1. The number of carboxylic acid groups (broad SMARTS) is 1. The average molecular weight is 878 g/mol. The number of methoxy groups -OCH3 is 1. The number of carbonyl (C=O) groups is 5. The zero-order chi connectivity index (χ0) is 45.7. The van der Waals surface area contributed by atoms with Crippen molar-refractivity contribution in [3.8, 4) is 5.75 Å². The first-order chi connectivity index (χ1) is 28.7. The van der Waals surface area contributed by atoms with Crippen molar-refractivity contribution in [3.63, 3.8) is 0 Å². The fraction of sp³-hybridized carbons (Fsp3) is 0.745. The Morgan fingerprint density at radius 1 is 0.887 bits per heavy atom. The molecule has 0 bridgehead atoms. The number of carboxylic acids is 1. The van der Waals surface area contributed by atoms with Gasteiger partial charge >= 0.3 is 11.9 Å². The van der Waals surface area contributed by atoms with Crippen molar-refractivity contribution >= 4 is 41.1 Å². The molecular formula is C51H73ClN2O8. The Kier molecular flexibility index (Phi) is 11.8. The van der Waals surface area contributed by atoms with E-state index in [0.29, 0.717) is 41.0 Å². The molecule has 0 heterocycles. The number of nitrogens with one attached hydrogen (secondary N) is 2. The van der Waals surface area contributed by atoms with Crippen LogP contribution in [0.15, 0.2) is 29.3 Å². The second kappa shape index (κ2) is 15.6. The predicted octanol–water partition coefficient (Wildman–Crippen LogP) is 10.0. The van der Waals surface area contributed by atoms with Crippen molar-refractivity contribution in [1.82, 2.24) is 10.6 Å². The Bertz CT molecular complexity index is 2070. The molecule has 1 aromatic carbocycles. The van der Waals surface area contributed by atoms with Crippen molar-refractivity contribution in [2.75, 3.05) is 13.7 Å². The number of fused-ring (bicyclic) bond motifs is 7. The van der Waals surface area contributed by atoms with Gasteiger partial charge in [-0.2, -0.15) is 0 Å². The number of halogens is 1. The maximum absolute atomic E-state index is 14.2. The van der Waals surface area contributed by atoms with Crippen LogP contribution in [0.5, 0.6) is 5.75 Å². The molecule has 2 amide bonds. The first-order valence-electron chi connectivity index (χ1n) is 23.3. The summed E-state index contributed by atoms with van der Waals surface area (Å²) in [5.74, 6) is -0.822. The smallest absolute Gasteiger partial charge is 0.309 e. The van der Waals surface area contributed by atoms with Crippen LogP contribution in [0.3, 0.4) is 0 Å². The van der Waals surface area contributed by atoms with Gasteiger partial charge in [0.1, 0.15) is 11.9 Å². The molecule has 3 N–H and O–H groups in total. The summed E-state index contributed by atoms with van der Waals surface area (Å²) in [5, 5.41) is 16.4. The lowest BCUT2D eigenvalue weighted by Gasteiger charge is -2.72. The van der Waals surface area contributed by atoms with Gasteiger partial charge in [0, 0.05) is 35.2 Å². The molecule has 0 unspecified atom stereocenters. The van der Waals surface area contributed by atoms with E-state index in [1.165, 1.54) is 12.7 Å². The van der Waals surface area contributed by atoms with Crippen LogP contribution in [0.4, 0.5) is 0 Å². The van der Waals surface area contributed by atoms with E-state index in [0.717, 1.165) is 56.9 Å². The molecule has 5 fully saturated rings. The van der Waals surface area contributed by atoms with Gasteiger partial charge in [-0.15, -0.1) is 0 Å². The molecule has 0 spiro atoms. The molecule has 0 aromatic heterocycles. The molecule has 6 aliphatic rings. The Morgan fingerprint density at radius 3 is 2.21 bits per heavy atom.